The van der Waals surface area contributed by atoms with Crippen LogP contribution in [0.25, 0.3) is 11.0 Å². The van der Waals surface area contributed by atoms with Crippen LogP contribution in [0.15, 0.2) is 18.2 Å². The number of fused-ring (bicyclic) bond motifs is 1. The first-order valence-corrected chi connectivity index (χ1v) is 5.54. The van der Waals surface area contributed by atoms with Gasteiger partial charge in [-0.05, 0) is 30.5 Å². The summed E-state index contributed by atoms with van der Waals surface area (Å²) in [5, 5.41) is 0. The van der Waals surface area contributed by atoms with Crippen LogP contribution in [0.4, 0.5) is 0 Å². The number of aromatic amines is 1. The molecular formula is C13H18N2. The Labute approximate surface area is 90.7 Å². The number of nitrogens with zero attached hydrogens (tertiary/aromatic N) is 1. The maximum Gasteiger partial charge on any atom is 0.110 e. The Kier molecular flexibility index (Phi) is 2.51. The molecule has 2 nitrogen and oxygen atoms in total. The van der Waals surface area contributed by atoms with E-state index in [0.29, 0.717) is 11.8 Å². The first kappa shape index (κ1) is 10.2. The number of imidazole rings is 1. The van der Waals surface area contributed by atoms with Gasteiger partial charge in [0, 0.05) is 5.92 Å². The molecule has 15 heavy (non-hydrogen) atoms. The summed E-state index contributed by atoms with van der Waals surface area (Å²) >= 11 is 0. The molecule has 0 fully saturated rings. The topological polar surface area (TPSA) is 28.7 Å². The highest BCUT2D eigenvalue weighted by Crippen LogP contribution is 2.23. The summed E-state index contributed by atoms with van der Waals surface area (Å²) in [7, 11) is 0. The van der Waals surface area contributed by atoms with Crippen molar-refractivity contribution in [2.24, 2.45) is 5.92 Å². The zero-order chi connectivity index (χ0) is 11.0. The summed E-state index contributed by atoms with van der Waals surface area (Å²) in [6.45, 7) is 8.77. The Hall–Kier alpha value is -1.31. The third-order valence-corrected chi connectivity index (χ3v) is 3.09. The molecule has 2 rings (SSSR count). The summed E-state index contributed by atoms with van der Waals surface area (Å²) in [5.74, 6) is 2.20. The molecule has 0 amide bonds. The number of hydrogen-bond acceptors (Lipinski definition) is 1. The summed E-state index contributed by atoms with van der Waals surface area (Å²) < 4.78 is 0. The fourth-order valence-corrected chi connectivity index (χ4v) is 1.67. The molecule has 0 bridgehead atoms. The van der Waals surface area contributed by atoms with Crippen LogP contribution >= 0.6 is 0 Å². The third kappa shape index (κ3) is 1.89. The highest BCUT2D eigenvalue weighted by molar-refractivity contribution is 5.75. The van der Waals surface area contributed by atoms with Gasteiger partial charge in [0.1, 0.15) is 5.82 Å². The van der Waals surface area contributed by atoms with Crippen LogP contribution in [-0.4, -0.2) is 9.97 Å². The molecule has 1 heterocycles. The molecule has 1 aromatic carbocycles. The summed E-state index contributed by atoms with van der Waals surface area (Å²) in [6.07, 6.45) is 0. The predicted octanol–water partition coefficient (Wildman–Crippen LogP) is 3.63. The second kappa shape index (κ2) is 3.69. The van der Waals surface area contributed by atoms with Crippen LogP contribution in [0, 0.1) is 12.8 Å². The molecular weight excluding hydrogens is 184 g/mol. The molecule has 2 aromatic rings. The normalized spacial score (nSPS) is 13.7. The highest BCUT2D eigenvalue weighted by Gasteiger charge is 2.13. The maximum absolute atomic E-state index is 4.62. The van der Waals surface area contributed by atoms with E-state index in [-0.39, 0.29) is 0 Å². The lowest BCUT2D eigenvalue weighted by molar-refractivity contribution is 0.515. The third-order valence-electron chi connectivity index (χ3n) is 3.09. The van der Waals surface area contributed by atoms with Crippen molar-refractivity contribution < 1.29 is 0 Å². The van der Waals surface area contributed by atoms with Crippen LogP contribution in [0.1, 0.15) is 38.1 Å². The van der Waals surface area contributed by atoms with E-state index in [1.807, 2.05) is 0 Å². The first-order valence-electron chi connectivity index (χ1n) is 5.54. The second-order valence-corrected chi connectivity index (χ2v) is 4.68. The minimum absolute atomic E-state index is 0.484. The average molecular weight is 202 g/mol. The van der Waals surface area contributed by atoms with Crippen LogP contribution in [0.2, 0.25) is 0 Å². The van der Waals surface area contributed by atoms with E-state index in [9.17, 15) is 0 Å². The van der Waals surface area contributed by atoms with E-state index in [1.165, 1.54) is 5.56 Å². The smallest absolute Gasteiger partial charge is 0.110 e. The van der Waals surface area contributed by atoms with Crippen LogP contribution in [0.3, 0.4) is 0 Å². The fourth-order valence-electron chi connectivity index (χ4n) is 1.67. The van der Waals surface area contributed by atoms with Gasteiger partial charge in [0.05, 0.1) is 11.0 Å². The van der Waals surface area contributed by atoms with Gasteiger partial charge in [-0.2, -0.15) is 0 Å². The van der Waals surface area contributed by atoms with E-state index < -0.39 is 0 Å². The summed E-state index contributed by atoms with van der Waals surface area (Å²) in [6, 6.07) is 6.34. The first-order chi connectivity index (χ1) is 7.08. The molecule has 1 atom stereocenters. The van der Waals surface area contributed by atoms with Crippen molar-refractivity contribution in [2.75, 3.05) is 0 Å². The van der Waals surface area contributed by atoms with Crippen LogP contribution in [-0.2, 0) is 0 Å². The van der Waals surface area contributed by atoms with Gasteiger partial charge in [0.25, 0.3) is 0 Å². The zero-order valence-corrected chi connectivity index (χ0v) is 9.83. The minimum atomic E-state index is 0.484. The Balaban J connectivity index is 2.47. The van der Waals surface area contributed by atoms with Gasteiger partial charge < -0.3 is 4.98 Å². The van der Waals surface area contributed by atoms with Crippen molar-refractivity contribution in [1.29, 1.82) is 0 Å². The van der Waals surface area contributed by atoms with E-state index in [1.54, 1.807) is 0 Å². The molecule has 1 aromatic heterocycles. The number of aromatic nitrogens is 2. The van der Waals surface area contributed by atoms with Gasteiger partial charge in [-0.25, -0.2) is 4.98 Å². The lowest BCUT2D eigenvalue weighted by Gasteiger charge is -2.11. The Bertz CT molecular complexity index is 468. The van der Waals surface area contributed by atoms with Crippen molar-refractivity contribution in [3.63, 3.8) is 0 Å². The number of benzene rings is 1. The molecule has 80 valence electrons. The predicted molar refractivity (Wildman–Crippen MR) is 64.1 cm³/mol. The van der Waals surface area contributed by atoms with Crippen molar-refractivity contribution in [2.45, 2.75) is 33.6 Å². The van der Waals surface area contributed by atoms with E-state index in [2.05, 4.69) is 55.9 Å². The number of H-pyrrole nitrogens is 1. The number of hydrogen-bond donors (Lipinski definition) is 1. The molecule has 0 radical (unpaired) electrons. The SMILES string of the molecule is Cc1ccc2nc(C(C)C(C)C)[nH]c2c1. The lowest BCUT2D eigenvalue weighted by Crippen LogP contribution is -2.03. The fraction of sp³-hybridized carbons (Fsp3) is 0.462. The highest BCUT2D eigenvalue weighted by atomic mass is 14.9. The van der Waals surface area contributed by atoms with Crippen LogP contribution in [0.5, 0.6) is 0 Å². The number of nitrogens with one attached hydrogen (secondary N) is 1. The average Bonchev–Trinajstić information content (AvgIpc) is 2.58. The molecule has 0 aliphatic rings. The quantitative estimate of drug-likeness (QED) is 0.791. The van der Waals surface area contributed by atoms with Crippen molar-refractivity contribution in [1.82, 2.24) is 9.97 Å². The zero-order valence-electron chi connectivity index (χ0n) is 9.83. The largest absolute Gasteiger partial charge is 0.342 e. The number of aryl methyl sites for hydroxylation is 1. The van der Waals surface area contributed by atoms with E-state index in [0.717, 1.165) is 16.9 Å². The van der Waals surface area contributed by atoms with Crippen molar-refractivity contribution >= 4 is 11.0 Å². The van der Waals surface area contributed by atoms with E-state index >= 15 is 0 Å². The molecule has 2 heteroatoms. The van der Waals surface area contributed by atoms with Gasteiger partial charge in [0.2, 0.25) is 0 Å². The van der Waals surface area contributed by atoms with Crippen molar-refractivity contribution in [3.05, 3.63) is 29.6 Å². The number of rotatable bonds is 2. The molecule has 0 saturated carbocycles. The van der Waals surface area contributed by atoms with Gasteiger partial charge in [-0.1, -0.05) is 26.8 Å². The van der Waals surface area contributed by atoms with Crippen LogP contribution < -0.4 is 0 Å². The Morgan fingerprint density at radius 3 is 2.60 bits per heavy atom. The minimum Gasteiger partial charge on any atom is -0.342 e. The maximum atomic E-state index is 4.62. The second-order valence-electron chi connectivity index (χ2n) is 4.68. The molecule has 0 spiro atoms. The van der Waals surface area contributed by atoms with Gasteiger partial charge in [-0.3, -0.25) is 0 Å². The molecule has 0 saturated heterocycles. The summed E-state index contributed by atoms with van der Waals surface area (Å²) in [4.78, 5) is 8.03. The summed E-state index contributed by atoms with van der Waals surface area (Å²) in [5.41, 5.74) is 3.50. The molecule has 1 unspecified atom stereocenters. The Morgan fingerprint density at radius 1 is 1.20 bits per heavy atom. The van der Waals surface area contributed by atoms with E-state index in [4.69, 9.17) is 0 Å². The van der Waals surface area contributed by atoms with Gasteiger partial charge in [-0.15, -0.1) is 0 Å². The van der Waals surface area contributed by atoms with Gasteiger partial charge in [0.15, 0.2) is 0 Å². The lowest BCUT2D eigenvalue weighted by atomic mass is 9.98. The molecule has 0 aliphatic carbocycles. The standard InChI is InChI=1S/C13H18N2/c1-8(2)10(4)13-14-11-6-5-9(3)7-12(11)15-13/h5-8,10H,1-4H3,(H,14,15). The molecule has 1 N–H and O–H groups in total. The van der Waals surface area contributed by atoms with Gasteiger partial charge >= 0.3 is 0 Å². The molecule has 0 aliphatic heterocycles. The monoisotopic (exact) mass is 202 g/mol. The Morgan fingerprint density at radius 2 is 1.93 bits per heavy atom. The van der Waals surface area contributed by atoms with Crippen molar-refractivity contribution in [3.8, 4) is 0 Å².